The summed E-state index contributed by atoms with van der Waals surface area (Å²) in [5.41, 5.74) is 2.66. The second-order valence-corrected chi connectivity index (χ2v) is 10.8. The van der Waals surface area contributed by atoms with Gasteiger partial charge in [0, 0.05) is 35.3 Å². The van der Waals surface area contributed by atoms with E-state index in [1.165, 1.54) is 12.2 Å². The Bertz CT molecular complexity index is 1530. The number of benzene rings is 2. The van der Waals surface area contributed by atoms with Crippen molar-refractivity contribution in [3.05, 3.63) is 75.7 Å². The molecule has 0 saturated heterocycles. The number of para-hydroxylation sites is 1. The fourth-order valence-electron chi connectivity index (χ4n) is 3.00. The molecule has 31 heavy (non-hydrogen) atoms. The van der Waals surface area contributed by atoms with Gasteiger partial charge in [0.1, 0.15) is 21.9 Å². The van der Waals surface area contributed by atoms with Crippen molar-refractivity contribution in [3.8, 4) is 17.8 Å². The molecule has 0 aliphatic heterocycles. The number of rotatable bonds is 5. The third kappa shape index (κ3) is 4.75. The van der Waals surface area contributed by atoms with Crippen LogP contribution in [0.25, 0.3) is 28.7 Å². The Labute approximate surface area is 180 Å². The molecule has 0 aliphatic rings. The molecule has 0 saturated carbocycles. The van der Waals surface area contributed by atoms with E-state index in [-0.39, 0.29) is 9.81 Å². The maximum Gasteiger partial charge on any atom is 0.185 e. The van der Waals surface area contributed by atoms with Crippen molar-refractivity contribution in [2.45, 2.75) is 0 Å². The number of sulfone groups is 2. The number of aromatic nitrogens is 1. The number of nitriles is 2. The van der Waals surface area contributed by atoms with Gasteiger partial charge in [-0.1, -0.05) is 30.3 Å². The predicted molar refractivity (Wildman–Crippen MR) is 120 cm³/mol. The molecule has 2 aromatic carbocycles. The zero-order valence-electron chi connectivity index (χ0n) is 16.6. The molecule has 9 heteroatoms. The van der Waals surface area contributed by atoms with E-state index in [2.05, 4.69) is 0 Å². The molecule has 0 spiro atoms. The topological polar surface area (TPSA) is 121 Å². The molecule has 0 amide bonds. The van der Waals surface area contributed by atoms with Gasteiger partial charge in [-0.05, 0) is 35.9 Å². The first-order valence-electron chi connectivity index (χ1n) is 8.89. The van der Waals surface area contributed by atoms with E-state index in [1.54, 1.807) is 42.6 Å². The number of allylic oxidation sites excluding steroid dienone is 2. The minimum Gasteiger partial charge on any atom is -0.316 e. The highest BCUT2D eigenvalue weighted by Crippen LogP contribution is 2.27. The van der Waals surface area contributed by atoms with Crippen LogP contribution in [-0.2, 0) is 19.7 Å². The quantitative estimate of drug-likeness (QED) is 0.548. The van der Waals surface area contributed by atoms with Gasteiger partial charge in [-0.3, -0.25) is 0 Å². The Morgan fingerprint density at radius 2 is 1.39 bits per heavy atom. The fraction of sp³-hybridized carbons (Fsp3) is 0.0909. The average Bonchev–Trinajstić information content (AvgIpc) is 3.07. The summed E-state index contributed by atoms with van der Waals surface area (Å²) in [4.78, 5) is -0.662. The summed E-state index contributed by atoms with van der Waals surface area (Å²) in [5.74, 6) is 0. The summed E-state index contributed by atoms with van der Waals surface area (Å²) >= 11 is 0. The van der Waals surface area contributed by atoms with Gasteiger partial charge in [-0.2, -0.15) is 10.5 Å². The van der Waals surface area contributed by atoms with Crippen LogP contribution in [0, 0.1) is 22.7 Å². The smallest absolute Gasteiger partial charge is 0.185 e. The summed E-state index contributed by atoms with van der Waals surface area (Å²) < 4.78 is 48.7. The van der Waals surface area contributed by atoms with E-state index in [4.69, 9.17) is 5.26 Å². The number of fused-ring (bicyclic) bond motifs is 1. The molecular formula is C22H17N3O4S2. The molecule has 156 valence electrons. The van der Waals surface area contributed by atoms with E-state index >= 15 is 0 Å². The number of nitrogens with zero attached hydrogens (tertiary/aromatic N) is 3. The summed E-state index contributed by atoms with van der Waals surface area (Å²) in [7, 11) is -7.27. The first-order valence-corrected chi connectivity index (χ1v) is 12.7. The molecule has 0 bridgehead atoms. The second kappa shape index (κ2) is 8.23. The van der Waals surface area contributed by atoms with E-state index in [0.29, 0.717) is 11.1 Å². The molecule has 1 heterocycles. The van der Waals surface area contributed by atoms with Crippen LogP contribution >= 0.6 is 0 Å². The lowest BCUT2D eigenvalue weighted by Crippen LogP contribution is -1.98. The summed E-state index contributed by atoms with van der Waals surface area (Å²) in [5, 5.41) is 19.0. The highest BCUT2D eigenvalue weighted by molar-refractivity contribution is 7.95. The molecule has 3 rings (SSSR count). The lowest BCUT2D eigenvalue weighted by atomic mass is 10.1. The fourth-order valence-corrected chi connectivity index (χ4v) is 4.03. The van der Waals surface area contributed by atoms with E-state index in [0.717, 1.165) is 29.1 Å². The Kier molecular flexibility index (Phi) is 5.85. The number of hydrogen-bond acceptors (Lipinski definition) is 6. The van der Waals surface area contributed by atoms with Crippen LogP contribution in [0.4, 0.5) is 0 Å². The highest BCUT2D eigenvalue weighted by atomic mass is 32.2. The third-order valence-corrected chi connectivity index (χ3v) is 6.53. The molecule has 0 unspecified atom stereocenters. The molecule has 0 N–H and O–H groups in total. The molecule has 0 aliphatic carbocycles. The Morgan fingerprint density at radius 1 is 0.839 bits per heavy atom. The van der Waals surface area contributed by atoms with Gasteiger partial charge in [-0.15, -0.1) is 0 Å². The minimum absolute atomic E-state index is 0.330. The molecule has 0 atom stereocenters. The molecule has 0 radical (unpaired) electrons. The summed E-state index contributed by atoms with van der Waals surface area (Å²) in [6.07, 6.45) is 6.33. The van der Waals surface area contributed by atoms with Gasteiger partial charge in [0.25, 0.3) is 0 Å². The van der Waals surface area contributed by atoms with Crippen LogP contribution in [0.1, 0.15) is 11.1 Å². The maximum absolute atomic E-state index is 11.8. The van der Waals surface area contributed by atoms with Crippen LogP contribution in [0.2, 0.25) is 0 Å². The molecule has 0 fully saturated rings. The van der Waals surface area contributed by atoms with Crippen LogP contribution in [0.3, 0.4) is 0 Å². The second-order valence-electron chi connectivity index (χ2n) is 6.85. The van der Waals surface area contributed by atoms with Crippen LogP contribution in [0.15, 0.2) is 64.5 Å². The highest BCUT2D eigenvalue weighted by Gasteiger charge is 2.14. The predicted octanol–water partition coefficient (Wildman–Crippen LogP) is 3.45. The van der Waals surface area contributed by atoms with Crippen LogP contribution in [-0.4, -0.2) is 33.9 Å². The van der Waals surface area contributed by atoms with Gasteiger partial charge in [0.2, 0.25) is 0 Å². The zero-order valence-corrected chi connectivity index (χ0v) is 18.3. The average molecular weight is 452 g/mol. The monoisotopic (exact) mass is 451 g/mol. The molecule has 7 nitrogen and oxygen atoms in total. The van der Waals surface area contributed by atoms with Crippen molar-refractivity contribution in [1.29, 1.82) is 10.5 Å². The number of hydrogen-bond donors (Lipinski definition) is 0. The zero-order chi connectivity index (χ0) is 22.8. The molecule has 1 aromatic heterocycles. The van der Waals surface area contributed by atoms with Crippen molar-refractivity contribution in [2.24, 2.45) is 0 Å². The van der Waals surface area contributed by atoms with Crippen LogP contribution < -0.4 is 0 Å². The largest absolute Gasteiger partial charge is 0.316 e. The molecular weight excluding hydrogens is 434 g/mol. The standard InChI is InChI=1S/C22H17N3O4S2/c1-30(26,27)19(13-23)11-16-7-9-18(10-8-16)25-15-17(12-20(14-24)31(2,28)29)21-5-3-4-6-22(21)25/h3-12,15H,1-2H3/b19-11+,20-12-. The summed E-state index contributed by atoms with van der Waals surface area (Å²) in [6, 6.07) is 17.6. The first kappa shape index (κ1) is 22.0. The van der Waals surface area contributed by atoms with Crippen molar-refractivity contribution < 1.29 is 16.8 Å². The van der Waals surface area contributed by atoms with Gasteiger partial charge in [0.05, 0.1) is 5.52 Å². The maximum atomic E-state index is 11.8. The van der Waals surface area contributed by atoms with E-state index < -0.39 is 19.7 Å². The lowest BCUT2D eigenvalue weighted by molar-refractivity contribution is 0.607. The van der Waals surface area contributed by atoms with Gasteiger partial charge in [-0.25, -0.2) is 16.8 Å². The normalized spacial score (nSPS) is 13.0. The van der Waals surface area contributed by atoms with E-state index in [1.807, 2.05) is 28.8 Å². The first-order chi connectivity index (χ1) is 14.5. The Morgan fingerprint density at radius 3 is 1.94 bits per heavy atom. The lowest BCUT2D eigenvalue weighted by Gasteiger charge is -2.06. The Balaban J connectivity index is 2.13. The third-order valence-electron chi connectivity index (χ3n) is 4.52. The summed E-state index contributed by atoms with van der Waals surface area (Å²) in [6.45, 7) is 0. The van der Waals surface area contributed by atoms with Crippen molar-refractivity contribution in [3.63, 3.8) is 0 Å². The van der Waals surface area contributed by atoms with Gasteiger partial charge >= 0.3 is 0 Å². The van der Waals surface area contributed by atoms with E-state index in [9.17, 15) is 22.1 Å². The Hall–Kier alpha value is -3.66. The van der Waals surface area contributed by atoms with Gasteiger partial charge in [0.15, 0.2) is 19.7 Å². The van der Waals surface area contributed by atoms with Gasteiger partial charge < -0.3 is 4.57 Å². The minimum atomic E-state index is -3.66. The SMILES string of the molecule is CS(=O)(=O)/C(C#N)=C\c1cn(-c2ccc(/C=C(\C#N)S(C)(=O)=O)cc2)c2ccccc12. The molecule has 3 aromatic rings. The van der Waals surface area contributed by atoms with Crippen LogP contribution in [0.5, 0.6) is 0 Å². The van der Waals surface area contributed by atoms with Crippen molar-refractivity contribution in [2.75, 3.05) is 12.5 Å². The van der Waals surface area contributed by atoms with Crippen molar-refractivity contribution >= 4 is 42.7 Å². The van der Waals surface area contributed by atoms with Crippen molar-refractivity contribution in [1.82, 2.24) is 4.57 Å².